The standard InChI is InChI=1S/C14H26N2O/c1-10-7-15-8-12(10)13(17)16-6-5-11(9-16)14(2,3)4/h10-12,15H,5-9H2,1-4H3. The molecule has 3 heteroatoms. The van der Waals surface area contributed by atoms with Crippen LogP contribution < -0.4 is 5.32 Å². The largest absolute Gasteiger partial charge is 0.342 e. The number of rotatable bonds is 1. The van der Waals surface area contributed by atoms with Gasteiger partial charge in [-0.15, -0.1) is 0 Å². The number of hydrogen-bond acceptors (Lipinski definition) is 2. The number of hydrogen-bond donors (Lipinski definition) is 1. The van der Waals surface area contributed by atoms with E-state index >= 15 is 0 Å². The first-order valence-corrected chi connectivity index (χ1v) is 6.89. The minimum absolute atomic E-state index is 0.216. The average molecular weight is 238 g/mol. The molecular formula is C14H26N2O. The van der Waals surface area contributed by atoms with Gasteiger partial charge in [-0.3, -0.25) is 4.79 Å². The van der Waals surface area contributed by atoms with Gasteiger partial charge in [0.05, 0.1) is 5.92 Å². The third kappa shape index (κ3) is 2.65. The summed E-state index contributed by atoms with van der Waals surface area (Å²) < 4.78 is 0. The van der Waals surface area contributed by atoms with Gasteiger partial charge in [0.1, 0.15) is 0 Å². The van der Waals surface area contributed by atoms with Gasteiger partial charge in [0.15, 0.2) is 0 Å². The second-order valence-electron chi connectivity index (χ2n) is 6.88. The number of carbonyl (C=O) groups is 1. The highest BCUT2D eigenvalue weighted by molar-refractivity contribution is 5.80. The predicted octanol–water partition coefficient (Wildman–Crippen LogP) is 1.74. The molecule has 3 atom stereocenters. The SMILES string of the molecule is CC1CNCC1C(=O)N1CCC(C(C)(C)C)C1. The molecule has 2 aliphatic rings. The van der Waals surface area contributed by atoms with Crippen molar-refractivity contribution in [3.8, 4) is 0 Å². The third-order valence-electron chi connectivity index (χ3n) is 4.56. The Morgan fingerprint density at radius 2 is 2.00 bits per heavy atom. The van der Waals surface area contributed by atoms with Crippen LogP contribution in [0.1, 0.15) is 34.1 Å². The summed E-state index contributed by atoms with van der Waals surface area (Å²) in [4.78, 5) is 14.5. The van der Waals surface area contributed by atoms with E-state index in [0.717, 1.165) is 26.2 Å². The normalized spacial score (nSPS) is 34.4. The van der Waals surface area contributed by atoms with Crippen LogP contribution in [0, 0.1) is 23.2 Å². The fraction of sp³-hybridized carbons (Fsp3) is 0.929. The topological polar surface area (TPSA) is 32.3 Å². The van der Waals surface area contributed by atoms with E-state index in [1.807, 2.05) is 0 Å². The molecule has 98 valence electrons. The first kappa shape index (κ1) is 12.9. The molecular weight excluding hydrogens is 212 g/mol. The molecule has 2 heterocycles. The van der Waals surface area contributed by atoms with Gasteiger partial charge < -0.3 is 10.2 Å². The molecule has 0 aromatic rings. The first-order chi connectivity index (χ1) is 7.89. The predicted molar refractivity (Wildman–Crippen MR) is 69.7 cm³/mol. The van der Waals surface area contributed by atoms with E-state index in [1.165, 1.54) is 6.42 Å². The van der Waals surface area contributed by atoms with Gasteiger partial charge in [-0.2, -0.15) is 0 Å². The molecule has 0 radical (unpaired) electrons. The highest BCUT2D eigenvalue weighted by Gasteiger charge is 2.38. The fourth-order valence-corrected chi connectivity index (χ4v) is 3.04. The maximum atomic E-state index is 12.4. The maximum Gasteiger partial charge on any atom is 0.227 e. The molecule has 3 nitrogen and oxygen atoms in total. The van der Waals surface area contributed by atoms with Crippen LogP contribution in [0.3, 0.4) is 0 Å². The molecule has 0 spiro atoms. The van der Waals surface area contributed by atoms with Crippen molar-refractivity contribution in [3.05, 3.63) is 0 Å². The van der Waals surface area contributed by atoms with Gasteiger partial charge in [0, 0.05) is 19.6 Å². The van der Waals surface area contributed by atoms with Crippen molar-refractivity contribution < 1.29 is 4.79 Å². The lowest BCUT2D eigenvalue weighted by Crippen LogP contribution is -2.38. The lowest BCUT2D eigenvalue weighted by atomic mass is 9.80. The number of amides is 1. The lowest BCUT2D eigenvalue weighted by Gasteiger charge is -2.28. The Labute approximate surface area is 105 Å². The summed E-state index contributed by atoms with van der Waals surface area (Å²) in [5.41, 5.74) is 0.328. The van der Waals surface area contributed by atoms with Gasteiger partial charge in [0.25, 0.3) is 0 Å². The summed E-state index contributed by atoms with van der Waals surface area (Å²) >= 11 is 0. The molecule has 2 rings (SSSR count). The van der Waals surface area contributed by atoms with Gasteiger partial charge in [0.2, 0.25) is 5.91 Å². The van der Waals surface area contributed by atoms with Crippen molar-refractivity contribution >= 4 is 5.91 Å². The van der Waals surface area contributed by atoms with Crippen LogP contribution in [-0.4, -0.2) is 37.0 Å². The van der Waals surface area contributed by atoms with Gasteiger partial charge >= 0.3 is 0 Å². The van der Waals surface area contributed by atoms with Crippen molar-refractivity contribution in [1.82, 2.24) is 10.2 Å². The minimum atomic E-state index is 0.216. The molecule has 3 unspecified atom stereocenters. The van der Waals surface area contributed by atoms with Crippen LogP contribution in [-0.2, 0) is 4.79 Å². The van der Waals surface area contributed by atoms with Crippen molar-refractivity contribution in [2.75, 3.05) is 26.2 Å². The lowest BCUT2D eigenvalue weighted by molar-refractivity contribution is -0.135. The van der Waals surface area contributed by atoms with E-state index in [1.54, 1.807) is 0 Å². The van der Waals surface area contributed by atoms with Gasteiger partial charge in [-0.25, -0.2) is 0 Å². The molecule has 0 bridgehead atoms. The van der Waals surface area contributed by atoms with Gasteiger partial charge in [-0.05, 0) is 30.2 Å². The highest BCUT2D eigenvalue weighted by atomic mass is 16.2. The molecule has 17 heavy (non-hydrogen) atoms. The van der Waals surface area contributed by atoms with Crippen LogP contribution >= 0.6 is 0 Å². The van der Waals surface area contributed by atoms with Crippen molar-refractivity contribution in [2.45, 2.75) is 34.1 Å². The molecule has 2 saturated heterocycles. The summed E-state index contributed by atoms with van der Waals surface area (Å²) in [6.07, 6.45) is 1.17. The zero-order valence-corrected chi connectivity index (χ0v) is 11.6. The second-order valence-corrected chi connectivity index (χ2v) is 6.88. The molecule has 0 aliphatic carbocycles. The van der Waals surface area contributed by atoms with Crippen LogP contribution in [0.4, 0.5) is 0 Å². The van der Waals surface area contributed by atoms with E-state index in [9.17, 15) is 4.79 Å². The fourth-order valence-electron chi connectivity index (χ4n) is 3.04. The molecule has 1 amide bonds. The number of likely N-dealkylation sites (tertiary alicyclic amines) is 1. The number of nitrogens with zero attached hydrogens (tertiary/aromatic N) is 1. The van der Waals surface area contributed by atoms with E-state index in [2.05, 4.69) is 37.9 Å². The quantitative estimate of drug-likeness (QED) is 0.754. The Bertz CT molecular complexity index is 295. The second kappa shape index (κ2) is 4.60. The highest BCUT2D eigenvalue weighted by Crippen LogP contribution is 2.34. The van der Waals surface area contributed by atoms with E-state index in [4.69, 9.17) is 0 Å². The Morgan fingerprint density at radius 1 is 1.29 bits per heavy atom. The Morgan fingerprint density at radius 3 is 2.47 bits per heavy atom. The maximum absolute atomic E-state index is 12.4. The molecule has 2 aliphatic heterocycles. The van der Waals surface area contributed by atoms with E-state index in [-0.39, 0.29) is 5.92 Å². The molecule has 0 aromatic carbocycles. The zero-order valence-electron chi connectivity index (χ0n) is 11.6. The van der Waals surface area contributed by atoms with Crippen LogP contribution in [0.2, 0.25) is 0 Å². The molecule has 1 N–H and O–H groups in total. The van der Waals surface area contributed by atoms with Crippen molar-refractivity contribution in [3.63, 3.8) is 0 Å². The number of carbonyl (C=O) groups excluding carboxylic acids is 1. The van der Waals surface area contributed by atoms with Gasteiger partial charge in [-0.1, -0.05) is 27.7 Å². The van der Waals surface area contributed by atoms with Crippen molar-refractivity contribution in [1.29, 1.82) is 0 Å². The first-order valence-electron chi connectivity index (χ1n) is 6.89. The Balaban J connectivity index is 1.94. The van der Waals surface area contributed by atoms with Crippen LogP contribution in [0.15, 0.2) is 0 Å². The van der Waals surface area contributed by atoms with Crippen LogP contribution in [0.5, 0.6) is 0 Å². The monoisotopic (exact) mass is 238 g/mol. The molecule has 0 saturated carbocycles. The number of nitrogens with one attached hydrogen (secondary N) is 1. The summed E-state index contributed by atoms with van der Waals surface area (Å²) in [6, 6.07) is 0. The summed E-state index contributed by atoms with van der Waals surface area (Å²) in [5.74, 6) is 1.76. The zero-order chi connectivity index (χ0) is 12.6. The third-order valence-corrected chi connectivity index (χ3v) is 4.56. The smallest absolute Gasteiger partial charge is 0.227 e. The molecule has 2 fully saturated rings. The molecule has 0 aromatic heterocycles. The van der Waals surface area contributed by atoms with Crippen LogP contribution in [0.25, 0.3) is 0 Å². The summed E-state index contributed by atoms with van der Waals surface area (Å²) in [6.45, 7) is 12.8. The Kier molecular flexibility index (Phi) is 3.48. The van der Waals surface area contributed by atoms with Crippen molar-refractivity contribution in [2.24, 2.45) is 23.2 Å². The average Bonchev–Trinajstić information content (AvgIpc) is 2.83. The Hall–Kier alpha value is -0.570. The van der Waals surface area contributed by atoms with E-state index in [0.29, 0.717) is 23.2 Å². The van der Waals surface area contributed by atoms with E-state index < -0.39 is 0 Å². The summed E-state index contributed by atoms with van der Waals surface area (Å²) in [7, 11) is 0. The summed E-state index contributed by atoms with van der Waals surface area (Å²) in [5, 5.41) is 3.32. The minimum Gasteiger partial charge on any atom is -0.342 e.